The second-order valence-corrected chi connectivity index (χ2v) is 8.96. The number of nitrogens with zero attached hydrogens (tertiary/aromatic N) is 1. The van der Waals surface area contributed by atoms with E-state index >= 15 is 0 Å². The molecule has 0 saturated carbocycles. The third-order valence-corrected chi connectivity index (χ3v) is 5.74. The van der Waals surface area contributed by atoms with Gasteiger partial charge in [0.05, 0.1) is 19.4 Å². The molecule has 0 heterocycles. The van der Waals surface area contributed by atoms with Crippen LogP contribution >= 0.6 is 24.0 Å². The maximum Gasteiger partial charge on any atom is 0.216 e. The third-order valence-electron chi connectivity index (χ3n) is 4.20. The molecule has 0 aliphatic rings. The molecule has 0 aromatic heterocycles. The minimum Gasteiger partial charge on any atom is -0.496 e. The van der Waals surface area contributed by atoms with E-state index in [1.54, 1.807) is 7.11 Å². The first-order valence-corrected chi connectivity index (χ1v) is 11.7. The molecule has 9 heteroatoms. The van der Waals surface area contributed by atoms with Gasteiger partial charge in [0.2, 0.25) is 10.0 Å². The molecule has 3 N–H and O–H groups in total. The van der Waals surface area contributed by atoms with Crippen LogP contribution in [0.3, 0.4) is 0 Å². The summed E-state index contributed by atoms with van der Waals surface area (Å²) in [6.07, 6.45) is 0. The molecular formula is C22H33IN4O3S. The van der Waals surface area contributed by atoms with Crippen molar-refractivity contribution in [2.24, 2.45) is 4.99 Å². The van der Waals surface area contributed by atoms with Crippen LogP contribution < -0.4 is 20.1 Å². The molecule has 0 atom stereocenters. The van der Waals surface area contributed by atoms with Gasteiger partial charge in [0.15, 0.2) is 5.96 Å². The molecule has 2 aromatic carbocycles. The Balaban J connectivity index is 0.00000480. The van der Waals surface area contributed by atoms with Crippen molar-refractivity contribution in [3.05, 3.63) is 65.2 Å². The predicted molar refractivity (Wildman–Crippen MR) is 137 cm³/mol. The van der Waals surface area contributed by atoms with Crippen LogP contribution in [0.15, 0.2) is 53.5 Å². The highest BCUT2D eigenvalue weighted by molar-refractivity contribution is 14.0. The Hall–Kier alpha value is -1.85. The van der Waals surface area contributed by atoms with Gasteiger partial charge in [-0.3, -0.25) is 0 Å². The lowest BCUT2D eigenvalue weighted by Gasteiger charge is -2.13. The molecule has 31 heavy (non-hydrogen) atoms. The first-order valence-electron chi connectivity index (χ1n) is 10.0. The van der Waals surface area contributed by atoms with E-state index in [0.717, 1.165) is 29.0 Å². The summed E-state index contributed by atoms with van der Waals surface area (Å²) in [6.45, 7) is 7.46. The van der Waals surface area contributed by atoms with Crippen LogP contribution in [0.1, 0.15) is 37.5 Å². The summed E-state index contributed by atoms with van der Waals surface area (Å²) in [5, 5.41) is 6.55. The van der Waals surface area contributed by atoms with Crippen LogP contribution in [0.25, 0.3) is 0 Å². The van der Waals surface area contributed by atoms with Crippen molar-refractivity contribution in [3.8, 4) is 5.75 Å². The van der Waals surface area contributed by atoms with Crippen LogP contribution in [0.5, 0.6) is 5.75 Å². The van der Waals surface area contributed by atoms with E-state index in [1.807, 2.05) is 69.3 Å². The van der Waals surface area contributed by atoms with Gasteiger partial charge in [0.25, 0.3) is 0 Å². The highest BCUT2D eigenvalue weighted by Gasteiger charge is 2.12. The van der Waals surface area contributed by atoms with Crippen LogP contribution in [0.2, 0.25) is 0 Å². The quantitative estimate of drug-likeness (QED) is 0.236. The number of benzene rings is 2. The molecule has 0 unspecified atom stereocenters. The summed E-state index contributed by atoms with van der Waals surface area (Å²) in [6, 6.07) is 15.2. The van der Waals surface area contributed by atoms with E-state index in [2.05, 4.69) is 20.3 Å². The molecule has 0 saturated heterocycles. The Morgan fingerprint density at radius 2 is 1.68 bits per heavy atom. The van der Waals surface area contributed by atoms with E-state index in [1.165, 1.54) is 0 Å². The van der Waals surface area contributed by atoms with Gasteiger partial charge < -0.3 is 15.4 Å². The maximum absolute atomic E-state index is 12.1. The minimum absolute atomic E-state index is 0. The Bertz CT molecular complexity index is 932. The molecule has 0 bridgehead atoms. The Labute approximate surface area is 203 Å². The predicted octanol–water partition coefficient (Wildman–Crippen LogP) is 3.40. The fraction of sp³-hybridized carbons (Fsp3) is 0.409. The lowest BCUT2D eigenvalue weighted by atomic mass is 10.1. The highest BCUT2D eigenvalue weighted by atomic mass is 127. The summed E-state index contributed by atoms with van der Waals surface area (Å²) in [7, 11) is -1.67. The van der Waals surface area contributed by atoms with Gasteiger partial charge in [-0.1, -0.05) is 42.5 Å². The van der Waals surface area contributed by atoms with Crippen molar-refractivity contribution in [1.82, 2.24) is 15.4 Å². The second-order valence-electron chi connectivity index (χ2n) is 7.21. The number of aliphatic imine (C=N–C) groups is 1. The van der Waals surface area contributed by atoms with Crippen molar-refractivity contribution in [2.45, 2.75) is 45.7 Å². The largest absolute Gasteiger partial charge is 0.496 e. The van der Waals surface area contributed by atoms with Gasteiger partial charge in [-0.15, -0.1) is 24.0 Å². The summed E-state index contributed by atoms with van der Waals surface area (Å²) < 4.78 is 32.1. The maximum atomic E-state index is 12.1. The molecule has 0 radical (unpaired) electrons. The molecule has 0 fully saturated rings. The van der Waals surface area contributed by atoms with Crippen molar-refractivity contribution >= 4 is 40.0 Å². The van der Waals surface area contributed by atoms with Gasteiger partial charge in [-0.05, 0) is 38.0 Å². The second kappa shape index (κ2) is 13.5. The van der Waals surface area contributed by atoms with E-state index in [-0.39, 0.29) is 35.8 Å². The zero-order valence-corrected chi connectivity index (χ0v) is 21.7. The van der Waals surface area contributed by atoms with Crippen LogP contribution in [-0.4, -0.2) is 34.1 Å². The number of sulfonamides is 1. The number of guanidine groups is 1. The number of nitrogens with one attached hydrogen (secondary N) is 3. The number of para-hydroxylation sites is 1. The van der Waals surface area contributed by atoms with Crippen molar-refractivity contribution in [1.29, 1.82) is 0 Å². The number of rotatable bonds is 10. The number of methoxy groups -OCH3 is 1. The first-order chi connectivity index (χ1) is 14.3. The fourth-order valence-corrected chi connectivity index (χ4v) is 4.33. The summed E-state index contributed by atoms with van der Waals surface area (Å²) in [5.41, 5.74) is 2.80. The van der Waals surface area contributed by atoms with E-state index < -0.39 is 10.0 Å². The Morgan fingerprint density at radius 3 is 2.29 bits per heavy atom. The lowest BCUT2D eigenvalue weighted by Crippen LogP contribution is -2.36. The van der Waals surface area contributed by atoms with Gasteiger partial charge in [0, 0.05) is 24.7 Å². The molecule has 7 nitrogen and oxygen atoms in total. The van der Waals surface area contributed by atoms with E-state index in [0.29, 0.717) is 19.0 Å². The molecular weight excluding hydrogens is 527 g/mol. The average molecular weight is 561 g/mol. The Morgan fingerprint density at radius 1 is 1.03 bits per heavy atom. The number of ether oxygens (including phenoxy) is 1. The summed E-state index contributed by atoms with van der Waals surface area (Å²) >= 11 is 0. The Kier molecular flexibility index (Phi) is 11.9. The molecule has 0 aliphatic heterocycles. The zero-order chi connectivity index (χ0) is 22.0. The van der Waals surface area contributed by atoms with Crippen molar-refractivity contribution in [3.63, 3.8) is 0 Å². The summed E-state index contributed by atoms with van der Waals surface area (Å²) in [4.78, 5) is 4.62. The smallest absolute Gasteiger partial charge is 0.216 e. The topological polar surface area (TPSA) is 91.8 Å². The molecule has 2 rings (SSSR count). The molecule has 172 valence electrons. The number of halogens is 1. The number of hydrogen-bond acceptors (Lipinski definition) is 4. The van der Waals surface area contributed by atoms with Gasteiger partial charge >= 0.3 is 0 Å². The standard InChI is InChI=1S/C22H32N4O3S.HI/c1-5-23-22(25-15-20-8-6-7-9-21(20)29-4)24-14-18-10-12-19(13-11-18)16-30(27,28)26-17(2)3;/h6-13,17,26H,5,14-16H2,1-4H3,(H2,23,24,25);1H. The molecule has 2 aromatic rings. The van der Waals surface area contributed by atoms with E-state index in [4.69, 9.17) is 4.74 Å². The summed E-state index contributed by atoms with van der Waals surface area (Å²) in [5.74, 6) is 1.51. The van der Waals surface area contributed by atoms with Crippen LogP contribution in [0, 0.1) is 0 Å². The van der Waals surface area contributed by atoms with Gasteiger partial charge in [0.1, 0.15) is 5.75 Å². The first kappa shape index (κ1) is 27.2. The minimum atomic E-state index is -3.33. The van der Waals surface area contributed by atoms with Crippen LogP contribution in [-0.2, 0) is 28.9 Å². The van der Waals surface area contributed by atoms with Crippen molar-refractivity contribution in [2.75, 3.05) is 13.7 Å². The highest BCUT2D eigenvalue weighted by Crippen LogP contribution is 2.16. The van der Waals surface area contributed by atoms with Crippen LogP contribution in [0.4, 0.5) is 0 Å². The molecule has 0 spiro atoms. The van der Waals surface area contributed by atoms with Crippen molar-refractivity contribution < 1.29 is 13.2 Å². The monoisotopic (exact) mass is 560 g/mol. The normalized spacial score (nSPS) is 11.7. The lowest BCUT2D eigenvalue weighted by molar-refractivity contribution is 0.409. The SMILES string of the molecule is CCNC(=NCc1ccc(CS(=O)(=O)NC(C)C)cc1)NCc1ccccc1OC.I. The van der Waals surface area contributed by atoms with Gasteiger partial charge in [-0.2, -0.15) is 0 Å². The third kappa shape index (κ3) is 9.88. The molecule has 0 aliphatic carbocycles. The number of hydrogen-bond donors (Lipinski definition) is 3. The van der Waals surface area contributed by atoms with Gasteiger partial charge in [-0.25, -0.2) is 18.1 Å². The fourth-order valence-electron chi connectivity index (χ4n) is 2.90. The molecule has 0 amide bonds. The average Bonchev–Trinajstić information content (AvgIpc) is 2.70. The van der Waals surface area contributed by atoms with E-state index in [9.17, 15) is 8.42 Å². The zero-order valence-electron chi connectivity index (χ0n) is 18.5.